The number of carbonyl (C=O) groups excluding carboxylic acids is 1. The molecule has 4 N–H and O–H groups in total. The molecule has 7 aromatic rings. The number of benzene rings is 1. The van der Waals surface area contributed by atoms with E-state index in [2.05, 4.69) is 14.4 Å². The molecule has 1 aliphatic rings. The van der Waals surface area contributed by atoms with Crippen LogP contribution in [0.25, 0.3) is 11.0 Å². The number of amidine groups is 1. The lowest BCUT2D eigenvalue weighted by atomic mass is 10.0. The summed E-state index contributed by atoms with van der Waals surface area (Å²) in [6, 6.07) is 21.8. The normalized spacial score (nSPS) is 13.2. The summed E-state index contributed by atoms with van der Waals surface area (Å²) >= 11 is 3.04. The largest absolute Gasteiger partial charge is 0.507 e. The van der Waals surface area contributed by atoms with E-state index in [1.54, 1.807) is 60.9 Å². The van der Waals surface area contributed by atoms with Crippen LogP contribution >= 0.6 is 22.7 Å². The first-order valence-corrected chi connectivity index (χ1v) is 22.4. The van der Waals surface area contributed by atoms with Crippen molar-refractivity contribution >= 4 is 76.9 Å². The first-order chi connectivity index (χ1) is 27.7. The molecule has 0 aliphatic carbocycles. The van der Waals surface area contributed by atoms with Crippen LogP contribution in [0.2, 0.25) is 0 Å². The molecule has 0 saturated carbocycles. The van der Waals surface area contributed by atoms with Gasteiger partial charge in [-0.15, -0.1) is 27.1 Å². The minimum atomic E-state index is -4.33. The number of rotatable bonds is 9. The number of hydrogen-bond acceptors (Lipinski definition) is 13. The van der Waals surface area contributed by atoms with Crippen molar-refractivity contribution in [1.29, 1.82) is 0 Å². The third kappa shape index (κ3) is 7.97. The molecular weight excluding hydrogens is 827 g/mol. The van der Waals surface area contributed by atoms with Gasteiger partial charge in [-0.1, -0.05) is 24.3 Å². The molecule has 58 heavy (non-hydrogen) atoms. The van der Waals surface area contributed by atoms with Crippen LogP contribution in [0.4, 0.5) is 11.4 Å². The van der Waals surface area contributed by atoms with Gasteiger partial charge in [-0.25, -0.2) is 13.2 Å². The maximum Gasteiger partial charge on any atom is 0.347 e. The Hall–Kier alpha value is -6.28. The summed E-state index contributed by atoms with van der Waals surface area (Å²) in [6.07, 6.45) is 4.82. The van der Waals surface area contributed by atoms with Crippen LogP contribution in [0.5, 0.6) is 11.5 Å². The Morgan fingerprint density at radius 2 is 1.43 bits per heavy atom. The van der Waals surface area contributed by atoms with Crippen molar-refractivity contribution in [3.63, 3.8) is 0 Å². The quantitative estimate of drug-likeness (QED) is 0.135. The second-order valence-corrected chi connectivity index (χ2v) is 18.2. The number of fused-ring (bicyclic) bond motifs is 3. The number of esters is 1. The number of thiophene rings is 2. The van der Waals surface area contributed by atoms with Gasteiger partial charge in [0.15, 0.2) is 11.4 Å². The zero-order valence-corrected chi connectivity index (χ0v) is 33.8. The van der Waals surface area contributed by atoms with Crippen molar-refractivity contribution < 1.29 is 36.6 Å². The molecule has 298 valence electrons. The van der Waals surface area contributed by atoms with E-state index in [1.807, 2.05) is 35.0 Å². The Morgan fingerprint density at radius 1 is 0.845 bits per heavy atom. The highest BCUT2D eigenvalue weighted by Crippen LogP contribution is 2.35. The third-order valence-electron chi connectivity index (χ3n) is 8.85. The zero-order valence-electron chi connectivity index (χ0n) is 30.6. The SMILES string of the molecule is CCOC(=O)c1c(O)c(Cc2cccs2)c2ccccn2c1=O.CS(=O)(=O)Nc1ccc2c(c1)S(=O)(=O)N=C(c1c(O)c(Cc3cccs3)c3ccccn3c1=O)N2. The lowest BCUT2D eigenvalue weighted by Crippen LogP contribution is -2.31. The van der Waals surface area contributed by atoms with Gasteiger partial charge in [0.2, 0.25) is 10.0 Å². The van der Waals surface area contributed by atoms with E-state index in [0.29, 0.717) is 35.0 Å². The summed E-state index contributed by atoms with van der Waals surface area (Å²) < 4.78 is 62.7. The molecule has 0 bridgehead atoms. The molecule has 19 heteroatoms. The van der Waals surface area contributed by atoms with Gasteiger partial charge in [0.1, 0.15) is 22.0 Å². The van der Waals surface area contributed by atoms with Gasteiger partial charge in [-0.2, -0.15) is 8.42 Å². The van der Waals surface area contributed by atoms with E-state index in [9.17, 15) is 41.4 Å². The minimum absolute atomic E-state index is 0.0436. The number of anilines is 2. The van der Waals surface area contributed by atoms with Crippen LogP contribution in [0, 0.1) is 0 Å². The predicted molar refractivity (Wildman–Crippen MR) is 223 cm³/mol. The van der Waals surface area contributed by atoms with Crippen LogP contribution in [-0.2, 0) is 37.6 Å². The lowest BCUT2D eigenvalue weighted by Gasteiger charge is -2.21. The molecule has 1 aromatic carbocycles. The summed E-state index contributed by atoms with van der Waals surface area (Å²) in [5, 5.41) is 28.4. The Bertz CT molecular complexity index is 3100. The number of pyridine rings is 4. The second kappa shape index (κ2) is 15.9. The molecule has 0 radical (unpaired) electrons. The zero-order chi connectivity index (χ0) is 41.4. The standard InChI is InChI=1S/C22H18N4O6S3.C17H15NO4S/c1-34(29,30)24-13-7-8-16-18(11-13)35(31,32)25-21(23-16)19-20(27)15(12-14-5-4-10-33-14)17-6-2-3-9-26(17)22(19)28;1-2-22-17(21)14-15(19)12(10-11-6-5-9-23-11)13-7-3-4-8-18(13)16(14)20/h2-11,24,27H,12H2,1H3,(H,23,25);3-9,19H,2,10H2,1H3. The maximum absolute atomic E-state index is 13.4. The Labute approximate surface area is 338 Å². The molecule has 6 aromatic heterocycles. The highest BCUT2D eigenvalue weighted by molar-refractivity contribution is 7.92. The van der Waals surface area contributed by atoms with Crippen molar-refractivity contribution in [2.24, 2.45) is 4.40 Å². The average Bonchev–Trinajstić information content (AvgIpc) is 3.90. The number of carbonyl (C=O) groups is 1. The van der Waals surface area contributed by atoms with Crippen LogP contribution in [-0.4, -0.2) is 60.5 Å². The Kier molecular flexibility index (Phi) is 11.0. The highest BCUT2D eigenvalue weighted by atomic mass is 32.2. The number of aromatic nitrogens is 2. The van der Waals surface area contributed by atoms with Gasteiger partial charge in [0, 0.05) is 51.8 Å². The van der Waals surface area contributed by atoms with Gasteiger partial charge in [-0.3, -0.25) is 23.1 Å². The van der Waals surface area contributed by atoms with Crippen molar-refractivity contribution in [3.8, 4) is 11.5 Å². The number of aromatic hydroxyl groups is 2. The highest BCUT2D eigenvalue weighted by Gasteiger charge is 2.31. The summed E-state index contributed by atoms with van der Waals surface area (Å²) in [4.78, 5) is 39.7. The van der Waals surface area contributed by atoms with E-state index in [1.165, 1.54) is 38.5 Å². The van der Waals surface area contributed by atoms with E-state index < -0.39 is 37.1 Å². The maximum atomic E-state index is 13.4. The van der Waals surface area contributed by atoms with Crippen molar-refractivity contribution in [3.05, 3.63) is 155 Å². The first-order valence-electron chi connectivity index (χ1n) is 17.3. The fraction of sp³-hybridized carbons (Fsp3) is 0.128. The monoisotopic (exact) mass is 859 g/mol. The molecule has 0 fully saturated rings. The molecule has 0 amide bonds. The molecule has 0 spiro atoms. The minimum Gasteiger partial charge on any atom is -0.507 e. The van der Waals surface area contributed by atoms with Gasteiger partial charge in [0.25, 0.3) is 21.1 Å². The third-order valence-corrected chi connectivity index (χ3v) is 12.5. The predicted octanol–water partition coefficient (Wildman–Crippen LogP) is 5.42. The second-order valence-electron chi connectivity index (χ2n) is 12.8. The van der Waals surface area contributed by atoms with Crippen molar-refractivity contribution in [2.75, 3.05) is 22.9 Å². The molecule has 15 nitrogen and oxygen atoms in total. The van der Waals surface area contributed by atoms with Crippen LogP contribution in [0.15, 0.2) is 121 Å². The molecular formula is C39H33N5O10S4. The molecule has 7 heterocycles. The molecule has 0 atom stereocenters. The number of hydrogen-bond donors (Lipinski definition) is 4. The Morgan fingerprint density at radius 3 is 1.98 bits per heavy atom. The molecule has 0 saturated heterocycles. The average molecular weight is 860 g/mol. The van der Waals surface area contributed by atoms with E-state index >= 15 is 0 Å². The molecule has 8 rings (SSSR count). The fourth-order valence-electron chi connectivity index (χ4n) is 6.39. The van der Waals surface area contributed by atoms with Gasteiger partial charge < -0.3 is 20.3 Å². The van der Waals surface area contributed by atoms with Crippen LogP contribution in [0.1, 0.15) is 43.7 Å². The number of nitrogens with one attached hydrogen (secondary N) is 2. The van der Waals surface area contributed by atoms with Gasteiger partial charge in [0.05, 0.1) is 29.6 Å². The molecule has 1 aliphatic heterocycles. The van der Waals surface area contributed by atoms with E-state index in [4.69, 9.17) is 4.74 Å². The van der Waals surface area contributed by atoms with E-state index in [-0.39, 0.29) is 51.3 Å². The first kappa shape index (κ1) is 39.9. The number of nitrogens with zero attached hydrogens (tertiary/aromatic N) is 3. The summed E-state index contributed by atoms with van der Waals surface area (Å²) in [6.45, 7) is 1.79. The van der Waals surface area contributed by atoms with Crippen molar-refractivity contribution in [2.45, 2.75) is 24.7 Å². The summed E-state index contributed by atoms with van der Waals surface area (Å²) in [5.41, 5.74) is 0.362. The van der Waals surface area contributed by atoms with Crippen LogP contribution in [0.3, 0.4) is 0 Å². The number of ether oxygens (including phenoxy) is 1. The topological polar surface area (TPSA) is 214 Å². The number of sulfonamides is 2. The summed E-state index contributed by atoms with van der Waals surface area (Å²) in [5.74, 6) is -1.79. The smallest absolute Gasteiger partial charge is 0.347 e. The lowest BCUT2D eigenvalue weighted by molar-refractivity contribution is 0.0520. The Balaban J connectivity index is 0.000000193. The molecule has 0 unspecified atom stereocenters. The van der Waals surface area contributed by atoms with Crippen molar-refractivity contribution in [1.82, 2.24) is 8.80 Å². The fourth-order valence-corrected chi connectivity index (χ4v) is 9.53. The van der Waals surface area contributed by atoms with Gasteiger partial charge in [-0.05, 0) is 72.3 Å². The summed E-state index contributed by atoms with van der Waals surface area (Å²) in [7, 11) is -7.96. The van der Waals surface area contributed by atoms with Crippen LogP contribution < -0.4 is 21.2 Å². The van der Waals surface area contributed by atoms with Gasteiger partial charge >= 0.3 is 5.97 Å². The van der Waals surface area contributed by atoms with E-state index in [0.717, 1.165) is 22.1 Å².